The summed E-state index contributed by atoms with van der Waals surface area (Å²) in [7, 11) is -1.93. The Hall–Kier alpha value is -0.950. The number of rotatable bonds is 6. The highest BCUT2D eigenvalue weighted by molar-refractivity contribution is 7.87. The summed E-state index contributed by atoms with van der Waals surface area (Å²) in [5.41, 5.74) is 6.33. The minimum atomic E-state index is -3.47. The smallest absolute Gasteiger partial charge is 0.279 e. The van der Waals surface area contributed by atoms with E-state index in [1.54, 1.807) is 14.0 Å². The van der Waals surface area contributed by atoms with E-state index in [-0.39, 0.29) is 12.6 Å². The zero-order valence-electron chi connectivity index (χ0n) is 10.1. The molecule has 0 unspecified atom stereocenters. The molecule has 0 bridgehead atoms. The Morgan fingerprint density at radius 2 is 1.94 bits per heavy atom. The predicted molar refractivity (Wildman–Crippen MR) is 68.5 cm³/mol. The largest absolute Gasteiger partial charge is 0.329 e. The second-order valence-electron chi connectivity index (χ2n) is 4.00. The third-order valence-corrected chi connectivity index (χ3v) is 4.01. The lowest BCUT2D eigenvalue weighted by atomic mass is 10.2. The zero-order chi connectivity index (χ0) is 12.9. The standard InChI is InChI=1S/C11H19N3O2S/c1-10(8-12)13-17(15,16)14(2)9-11-6-4-3-5-7-11/h3-7,10,13H,8-9,12H2,1-2H3/t10-/m1/s1. The maximum Gasteiger partial charge on any atom is 0.279 e. The quantitative estimate of drug-likeness (QED) is 0.769. The van der Waals surface area contributed by atoms with E-state index in [0.717, 1.165) is 5.56 Å². The third-order valence-electron chi connectivity index (χ3n) is 2.36. The minimum absolute atomic E-state index is 0.266. The monoisotopic (exact) mass is 257 g/mol. The fourth-order valence-electron chi connectivity index (χ4n) is 1.32. The second kappa shape index (κ2) is 6.11. The lowest BCUT2D eigenvalue weighted by Crippen LogP contribution is -2.44. The van der Waals surface area contributed by atoms with Crippen LogP contribution in [0.4, 0.5) is 0 Å². The van der Waals surface area contributed by atoms with Crippen molar-refractivity contribution in [2.45, 2.75) is 19.5 Å². The molecule has 0 aliphatic carbocycles. The summed E-state index contributed by atoms with van der Waals surface area (Å²) >= 11 is 0. The predicted octanol–water partition coefficient (Wildman–Crippen LogP) is 0.300. The Bertz CT molecular complexity index is 433. The van der Waals surface area contributed by atoms with E-state index in [1.807, 2.05) is 30.3 Å². The van der Waals surface area contributed by atoms with Crippen molar-refractivity contribution in [1.82, 2.24) is 9.03 Å². The maximum absolute atomic E-state index is 11.9. The molecule has 6 heteroatoms. The van der Waals surface area contributed by atoms with Crippen LogP contribution in [0.3, 0.4) is 0 Å². The first-order valence-electron chi connectivity index (χ1n) is 5.43. The Labute approximate surface area is 103 Å². The third kappa shape index (κ3) is 4.43. The summed E-state index contributed by atoms with van der Waals surface area (Å²) in [6, 6.07) is 9.17. The van der Waals surface area contributed by atoms with Crippen LogP contribution in [0, 0.1) is 0 Å². The zero-order valence-corrected chi connectivity index (χ0v) is 10.9. The summed E-state index contributed by atoms with van der Waals surface area (Å²) < 4.78 is 27.5. The summed E-state index contributed by atoms with van der Waals surface area (Å²) in [4.78, 5) is 0. The van der Waals surface area contributed by atoms with Crippen LogP contribution in [0.1, 0.15) is 12.5 Å². The van der Waals surface area contributed by atoms with E-state index in [1.165, 1.54) is 4.31 Å². The molecule has 0 radical (unpaired) electrons. The van der Waals surface area contributed by atoms with Crippen molar-refractivity contribution in [3.05, 3.63) is 35.9 Å². The first-order valence-corrected chi connectivity index (χ1v) is 6.87. The van der Waals surface area contributed by atoms with Gasteiger partial charge in [-0.05, 0) is 12.5 Å². The van der Waals surface area contributed by atoms with Gasteiger partial charge < -0.3 is 5.73 Å². The van der Waals surface area contributed by atoms with Gasteiger partial charge in [0.15, 0.2) is 0 Å². The molecule has 0 fully saturated rings. The van der Waals surface area contributed by atoms with Crippen LogP contribution in [0.15, 0.2) is 30.3 Å². The van der Waals surface area contributed by atoms with Crippen molar-refractivity contribution in [2.24, 2.45) is 5.73 Å². The Balaban J connectivity index is 2.67. The fraction of sp³-hybridized carbons (Fsp3) is 0.455. The van der Waals surface area contributed by atoms with E-state index in [2.05, 4.69) is 4.72 Å². The molecular formula is C11H19N3O2S. The van der Waals surface area contributed by atoms with Gasteiger partial charge in [0, 0.05) is 26.2 Å². The van der Waals surface area contributed by atoms with Gasteiger partial charge in [-0.25, -0.2) is 0 Å². The summed E-state index contributed by atoms with van der Waals surface area (Å²) in [6.45, 7) is 2.35. The number of hydrogen-bond donors (Lipinski definition) is 2. The topological polar surface area (TPSA) is 75.4 Å². The van der Waals surface area contributed by atoms with Gasteiger partial charge in [-0.2, -0.15) is 17.4 Å². The number of nitrogens with two attached hydrogens (primary N) is 1. The highest BCUT2D eigenvalue weighted by Crippen LogP contribution is 2.05. The molecule has 96 valence electrons. The fourth-order valence-corrected chi connectivity index (χ4v) is 2.42. The number of nitrogens with one attached hydrogen (secondary N) is 1. The Kier molecular flexibility index (Phi) is 5.07. The average Bonchev–Trinajstić information content (AvgIpc) is 2.29. The normalized spacial score (nSPS) is 13.9. The van der Waals surface area contributed by atoms with Gasteiger partial charge in [0.25, 0.3) is 10.2 Å². The van der Waals surface area contributed by atoms with Crippen molar-refractivity contribution in [3.8, 4) is 0 Å². The summed E-state index contributed by atoms with van der Waals surface area (Å²) in [5.74, 6) is 0. The van der Waals surface area contributed by atoms with Gasteiger partial charge in [0.2, 0.25) is 0 Å². The molecule has 3 N–H and O–H groups in total. The van der Waals surface area contributed by atoms with Gasteiger partial charge in [0.1, 0.15) is 0 Å². The van der Waals surface area contributed by atoms with E-state index in [9.17, 15) is 8.42 Å². The van der Waals surface area contributed by atoms with Crippen molar-refractivity contribution in [1.29, 1.82) is 0 Å². The summed E-state index contributed by atoms with van der Waals surface area (Å²) in [6.07, 6.45) is 0. The highest BCUT2D eigenvalue weighted by Gasteiger charge is 2.19. The molecule has 5 nitrogen and oxygen atoms in total. The van der Waals surface area contributed by atoms with E-state index in [4.69, 9.17) is 5.73 Å². The number of hydrogen-bond acceptors (Lipinski definition) is 3. The van der Waals surface area contributed by atoms with Gasteiger partial charge in [-0.15, -0.1) is 0 Å². The average molecular weight is 257 g/mol. The molecule has 1 atom stereocenters. The van der Waals surface area contributed by atoms with Crippen LogP contribution in [0.25, 0.3) is 0 Å². The van der Waals surface area contributed by atoms with Crippen molar-refractivity contribution < 1.29 is 8.42 Å². The van der Waals surface area contributed by atoms with Gasteiger partial charge in [-0.3, -0.25) is 0 Å². The second-order valence-corrected chi connectivity index (χ2v) is 5.81. The molecule has 0 aliphatic heterocycles. The van der Waals surface area contributed by atoms with E-state index < -0.39 is 10.2 Å². The molecule has 0 aliphatic rings. The molecule has 0 aromatic heterocycles. The molecule has 0 saturated heterocycles. The molecule has 0 spiro atoms. The van der Waals surface area contributed by atoms with Gasteiger partial charge in [-0.1, -0.05) is 30.3 Å². The Morgan fingerprint density at radius 3 is 2.47 bits per heavy atom. The number of nitrogens with zero attached hydrogens (tertiary/aromatic N) is 1. The molecule has 0 heterocycles. The van der Waals surface area contributed by atoms with Crippen LogP contribution in [0.5, 0.6) is 0 Å². The van der Waals surface area contributed by atoms with Crippen LogP contribution in [-0.2, 0) is 16.8 Å². The van der Waals surface area contributed by atoms with Crippen molar-refractivity contribution >= 4 is 10.2 Å². The first-order chi connectivity index (χ1) is 7.95. The van der Waals surface area contributed by atoms with Crippen LogP contribution in [-0.4, -0.2) is 32.4 Å². The van der Waals surface area contributed by atoms with Crippen LogP contribution >= 0.6 is 0 Å². The van der Waals surface area contributed by atoms with Crippen molar-refractivity contribution in [2.75, 3.05) is 13.6 Å². The first kappa shape index (κ1) is 14.1. The highest BCUT2D eigenvalue weighted by atomic mass is 32.2. The van der Waals surface area contributed by atoms with Crippen molar-refractivity contribution in [3.63, 3.8) is 0 Å². The lowest BCUT2D eigenvalue weighted by molar-refractivity contribution is 0.447. The Morgan fingerprint density at radius 1 is 1.35 bits per heavy atom. The van der Waals surface area contributed by atoms with Crippen LogP contribution in [0.2, 0.25) is 0 Å². The maximum atomic E-state index is 11.9. The molecule has 0 saturated carbocycles. The lowest BCUT2D eigenvalue weighted by Gasteiger charge is -2.20. The molecular weight excluding hydrogens is 238 g/mol. The minimum Gasteiger partial charge on any atom is -0.329 e. The molecule has 1 rings (SSSR count). The SMILES string of the molecule is C[C@H](CN)NS(=O)(=O)N(C)Cc1ccccc1. The van der Waals surface area contributed by atoms with Gasteiger partial charge >= 0.3 is 0 Å². The molecule has 17 heavy (non-hydrogen) atoms. The molecule has 1 aromatic carbocycles. The van der Waals surface area contributed by atoms with E-state index >= 15 is 0 Å². The molecule has 1 aromatic rings. The summed E-state index contributed by atoms with van der Waals surface area (Å²) in [5, 5.41) is 0. The molecule has 0 amide bonds. The number of benzene rings is 1. The van der Waals surface area contributed by atoms with E-state index in [0.29, 0.717) is 6.54 Å². The van der Waals surface area contributed by atoms with Crippen LogP contribution < -0.4 is 10.5 Å². The van der Waals surface area contributed by atoms with Gasteiger partial charge in [0.05, 0.1) is 0 Å².